The van der Waals surface area contributed by atoms with E-state index in [9.17, 15) is 22.8 Å². The van der Waals surface area contributed by atoms with Gasteiger partial charge in [-0.05, 0) is 73.2 Å². The van der Waals surface area contributed by atoms with Crippen molar-refractivity contribution in [3.05, 3.63) is 48.0 Å². The number of amides is 3. The molecule has 10 heteroatoms. The lowest BCUT2D eigenvalue weighted by atomic mass is 9.94. The van der Waals surface area contributed by atoms with E-state index in [0.717, 1.165) is 11.3 Å². The van der Waals surface area contributed by atoms with Gasteiger partial charge in [-0.2, -0.15) is 4.31 Å². The maximum absolute atomic E-state index is 13.2. The highest BCUT2D eigenvalue weighted by molar-refractivity contribution is 7.89. The third kappa shape index (κ3) is 5.71. The normalized spacial score (nSPS) is 16.6. The molecule has 0 radical (unpaired) electrons. The molecule has 2 aromatic rings. The van der Waals surface area contributed by atoms with Gasteiger partial charge in [-0.3, -0.25) is 14.4 Å². The molecule has 0 bridgehead atoms. The summed E-state index contributed by atoms with van der Waals surface area (Å²) in [6, 6.07) is 11.9. The number of hydrogen-bond acceptors (Lipinski definition) is 5. The zero-order valence-electron chi connectivity index (χ0n) is 19.9. The standard InChI is InChI=1S/C25H30N4O5S/c1-17(30)26-21-3-5-22(6-4-21)27-25(32)15-19-9-12-28(13-10-19)35(33,34)23-7-8-24-20(16-23)11-14-29(24)18(2)31/h3-8,16,19H,9-15H2,1-2H3,(H,26,30)(H,27,32). The van der Waals surface area contributed by atoms with Crippen molar-refractivity contribution in [2.24, 2.45) is 5.92 Å². The van der Waals surface area contributed by atoms with E-state index in [-0.39, 0.29) is 28.5 Å². The Bertz CT molecular complexity index is 1240. The fourth-order valence-corrected chi connectivity index (χ4v) is 6.20. The molecule has 1 fully saturated rings. The van der Waals surface area contributed by atoms with Crippen LogP contribution in [0.4, 0.5) is 17.1 Å². The van der Waals surface area contributed by atoms with E-state index in [2.05, 4.69) is 10.6 Å². The molecule has 0 saturated carbocycles. The third-order valence-electron chi connectivity index (χ3n) is 6.50. The second kappa shape index (κ2) is 10.2. The van der Waals surface area contributed by atoms with E-state index in [0.29, 0.717) is 56.7 Å². The lowest BCUT2D eigenvalue weighted by molar-refractivity contribution is -0.117. The van der Waals surface area contributed by atoms with Crippen LogP contribution in [0.5, 0.6) is 0 Å². The van der Waals surface area contributed by atoms with Crippen LogP contribution in [0.25, 0.3) is 0 Å². The van der Waals surface area contributed by atoms with Crippen LogP contribution in [0.15, 0.2) is 47.4 Å². The van der Waals surface area contributed by atoms with Gasteiger partial charge in [0.1, 0.15) is 0 Å². The van der Waals surface area contributed by atoms with Crippen LogP contribution < -0.4 is 15.5 Å². The molecule has 2 aliphatic heterocycles. The largest absolute Gasteiger partial charge is 0.326 e. The molecule has 0 unspecified atom stereocenters. The van der Waals surface area contributed by atoms with E-state index < -0.39 is 10.0 Å². The van der Waals surface area contributed by atoms with Crippen molar-refractivity contribution in [3.63, 3.8) is 0 Å². The number of sulfonamides is 1. The fraction of sp³-hybridized carbons (Fsp3) is 0.400. The number of carbonyl (C=O) groups excluding carboxylic acids is 3. The molecule has 2 aromatic carbocycles. The van der Waals surface area contributed by atoms with Crippen LogP contribution in [0, 0.1) is 5.92 Å². The minimum absolute atomic E-state index is 0.0486. The topological polar surface area (TPSA) is 116 Å². The van der Waals surface area contributed by atoms with Crippen LogP contribution in [0.2, 0.25) is 0 Å². The third-order valence-corrected chi connectivity index (χ3v) is 8.40. The molecule has 0 aliphatic carbocycles. The van der Waals surface area contributed by atoms with E-state index in [4.69, 9.17) is 0 Å². The maximum atomic E-state index is 13.2. The van der Waals surface area contributed by atoms with Crippen molar-refractivity contribution in [2.75, 3.05) is 35.2 Å². The van der Waals surface area contributed by atoms with Gasteiger partial charge in [-0.25, -0.2) is 8.42 Å². The Morgan fingerprint density at radius 3 is 2.14 bits per heavy atom. The van der Waals surface area contributed by atoms with Gasteiger partial charge in [-0.1, -0.05) is 0 Å². The summed E-state index contributed by atoms with van der Waals surface area (Å²) in [4.78, 5) is 37.3. The maximum Gasteiger partial charge on any atom is 0.243 e. The number of carbonyl (C=O) groups is 3. The average Bonchev–Trinajstić information content (AvgIpc) is 3.24. The Morgan fingerprint density at radius 1 is 0.914 bits per heavy atom. The van der Waals surface area contributed by atoms with Gasteiger partial charge in [0.25, 0.3) is 0 Å². The van der Waals surface area contributed by atoms with Crippen molar-refractivity contribution < 1.29 is 22.8 Å². The number of nitrogens with zero attached hydrogens (tertiary/aromatic N) is 2. The second-order valence-corrected chi connectivity index (χ2v) is 11.0. The first-order valence-corrected chi connectivity index (χ1v) is 13.2. The first-order valence-electron chi connectivity index (χ1n) is 11.7. The molecule has 2 aliphatic rings. The summed E-state index contributed by atoms with van der Waals surface area (Å²) in [5.74, 6) is -0.227. The van der Waals surface area contributed by atoms with Crippen LogP contribution in [0.1, 0.15) is 38.7 Å². The van der Waals surface area contributed by atoms with E-state index in [1.165, 1.54) is 18.2 Å². The van der Waals surface area contributed by atoms with Crippen LogP contribution in [-0.2, 0) is 30.8 Å². The molecule has 2 heterocycles. The van der Waals surface area contributed by atoms with Crippen LogP contribution in [-0.4, -0.2) is 50.1 Å². The Labute approximate surface area is 205 Å². The molecule has 3 amide bonds. The second-order valence-electron chi connectivity index (χ2n) is 9.07. The van der Waals surface area contributed by atoms with Gasteiger partial charge >= 0.3 is 0 Å². The number of anilines is 3. The quantitative estimate of drug-likeness (QED) is 0.635. The molecule has 35 heavy (non-hydrogen) atoms. The highest BCUT2D eigenvalue weighted by Gasteiger charge is 2.32. The van der Waals surface area contributed by atoms with Gasteiger partial charge in [0, 0.05) is 57.0 Å². The summed E-state index contributed by atoms with van der Waals surface area (Å²) in [5, 5.41) is 5.54. The minimum atomic E-state index is -3.64. The molecular formula is C25H30N4O5S. The first-order chi connectivity index (χ1) is 16.6. The molecule has 9 nitrogen and oxygen atoms in total. The van der Waals surface area contributed by atoms with Gasteiger partial charge in [0.2, 0.25) is 27.7 Å². The zero-order chi connectivity index (χ0) is 25.2. The Morgan fingerprint density at radius 2 is 1.54 bits per heavy atom. The number of fused-ring (bicyclic) bond motifs is 1. The zero-order valence-corrected chi connectivity index (χ0v) is 20.7. The van der Waals surface area contributed by atoms with Gasteiger partial charge in [0.05, 0.1) is 4.90 Å². The Balaban J connectivity index is 1.31. The summed E-state index contributed by atoms with van der Waals surface area (Å²) in [6.45, 7) is 4.24. The smallest absolute Gasteiger partial charge is 0.243 e. The number of benzene rings is 2. The SMILES string of the molecule is CC(=O)Nc1ccc(NC(=O)CC2CCN(S(=O)(=O)c3ccc4c(c3)CCN4C(C)=O)CC2)cc1. The number of hydrogen-bond donors (Lipinski definition) is 2. The lowest BCUT2D eigenvalue weighted by Gasteiger charge is -2.31. The van der Waals surface area contributed by atoms with Crippen molar-refractivity contribution in [1.82, 2.24) is 4.31 Å². The van der Waals surface area contributed by atoms with Gasteiger partial charge in [-0.15, -0.1) is 0 Å². The van der Waals surface area contributed by atoms with Gasteiger partial charge < -0.3 is 15.5 Å². The molecule has 1 saturated heterocycles. The minimum Gasteiger partial charge on any atom is -0.326 e. The van der Waals surface area contributed by atoms with Gasteiger partial charge in [0.15, 0.2) is 0 Å². The molecular weight excluding hydrogens is 468 g/mol. The average molecular weight is 499 g/mol. The van der Waals surface area contributed by atoms with Crippen molar-refractivity contribution in [2.45, 2.75) is 44.4 Å². The number of piperidine rings is 1. The summed E-state index contributed by atoms with van der Waals surface area (Å²) >= 11 is 0. The monoisotopic (exact) mass is 498 g/mol. The molecule has 2 N–H and O–H groups in total. The van der Waals surface area contributed by atoms with E-state index >= 15 is 0 Å². The summed E-state index contributed by atoms with van der Waals surface area (Å²) < 4.78 is 27.9. The van der Waals surface area contributed by atoms with Crippen molar-refractivity contribution in [1.29, 1.82) is 0 Å². The Hall–Kier alpha value is -3.24. The van der Waals surface area contributed by atoms with Crippen molar-refractivity contribution >= 4 is 44.8 Å². The highest BCUT2D eigenvalue weighted by Crippen LogP contribution is 2.32. The summed E-state index contributed by atoms with van der Waals surface area (Å²) in [6.07, 6.45) is 2.18. The predicted molar refractivity (Wildman–Crippen MR) is 134 cm³/mol. The number of nitrogens with one attached hydrogen (secondary N) is 2. The van der Waals surface area contributed by atoms with Crippen LogP contribution >= 0.6 is 0 Å². The first kappa shape index (κ1) is 24.9. The fourth-order valence-electron chi connectivity index (χ4n) is 4.68. The molecule has 0 spiro atoms. The molecule has 4 rings (SSSR count). The number of rotatable bonds is 6. The van der Waals surface area contributed by atoms with E-state index in [1.54, 1.807) is 47.4 Å². The summed E-state index contributed by atoms with van der Waals surface area (Å²) in [7, 11) is -3.64. The summed E-state index contributed by atoms with van der Waals surface area (Å²) in [5.41, 5.74) is 2.96. The Kier molecular flexibility index (Phi) is 7.23. The predicted octanol–water partition coefficient (Wildman–Crippen LogP) is 2.98. The molecule has 0 atom stereocenters. The molecule has 186 valence electrons. The van der Waals surface area contributed by atoms with Crippen molar-refractivity contribution in [3.8, 4) is 0 Å². The van der Waals surface area contributed by atoms with Crippen LogP contribution in [0.3, 0.4) is 0 Å². The van der Waals surface area contributed by atoms with E-state index in [1.807, 2.05) is 0 Å². The lowest BCUT2D eigenvalue weighted by Crippen LogP contribution is -2.39. The highest BCUT2D eigenvalue weighted by atomic mass is 32.2. The molecule has 0 aromatic heterocycles.